The first-order valence-electron chi connectivity index (χ1n) is 13.3. The Kier molecular flexibility index (Phi) is 8.95. The number of methoxy groups -OCH3 is 1. The average Bonchev–Trinajstić information content (AvgIpc) is 2.93. The summed E-state index contributed by atoms with van der Waals surface area (Å²) in [6, 6.07) is 15.8. The molecule has 0 radical (unpaired) electrons. The molecule has 0 spiro atoms. The zero-order valence-electron chi connectivity index (χ0n) is 23.4. The number of halogens is 3. The van der Waals surface area contributed by atoms with Gasteiger partial charge in [-0.3, -0.25) is 0 Å². The van der Waals surface area contributed by atoms with E-state index in [1.165, 1.54) is 18.1 Å². The molecule has 1 aliphatic rings. The Hall–Kier alpha value is -4.41. The van der Waals surface area contributed by atoms with Gasteiger partial charge in [0.25, 0.3) is 0 Å². The maximum atomic E-state index is 13.7. The number of aryl methyl sites for hydroxylation is 1. The molecule has 0 unspecified atom stereocenters. The molecule has 3 aromatic rings. The van der Waals surface area contributed by atoms with E-state index in [4.69, 9.17) is 4.74 Å². The van der Waals surface area contributed by atoms with Gasteiger partial charge in [-0.2, -0.15) is 13.2 Å². The highest BCUT2D eigenvalue weighted by molar-refractivity contribution is 6.00. The number of hydrogen-bond acceptors (Lipinski definition) is 4. The maximum Gasteiger partial charge on any atom is 0.418 e. The zero-order valence-corrected chi connectivity index (χ0v) is 23.4. The number of hydrogen-bond donors (Lipinski definition) is 3. The van der Waals surface area contributed by atoms with Crippen LogP contribution in [-0.2, 0) is 6.18 Å². The van der Waals surface area contributed by atoms with Crippen molar-refractivity contribution in [3.05, 3.63) is 77.4 Å². The van der Waals surface area contributed by atoms with Crippen LogP contribution in [0.3, 0.4) is 0 Å². The average molecular weight is 570 g/mol. The van der Waals surface area contributed by atoms with Gasteiger partial charge in [0.1, 0.15) is 5.75 Å². The normalized spacial score (nSPS) is 13.7. The SMILES string of the molecule is COc1ccc(C)cc1NC(=O)Nc1ccc(N2CCN(C(=O)Nc3ccc(C(C)C)cc3C(F)(F)F)CC2)cc1. The van der Waals surface area contributed by atoms with Crippen molar-refractivity contribution in [2.24, 2.45) is 0 Å². The lowest BCUT2D eigenvalue weighted by Gasteiger charge is -2.36. The number of carbonyl (C=O) groups is 2. The van der Waals surface area contributed by atoms with Gasteiger partial charge < -0.3 is 30.5 Å². The molecule has 11 heteroatoms. The van der Waals surface area contributed by atoms with E-state index in [0.717, 1.165) is 17.3 Å². The van der Waals surface area contributed by atoms with Crippen LogP contribution in [0, 0.1) is 6.92 Å². The number of ether oxygens (including phenoxy) is 1. The summed E-state index contributed by atoms with van der Waals surface area (Å²) in [5.74, 6) is 0.484. The molecule has 0 aliphatic carbocycles. The molecule has 1 heterocycles. The Morgan fingerprint density at radius 1 is 0.854 bits per heavy atom. The minimum Gasteiger partial charge on any atom is -0.495 e. The molecule has 218 valence electrons. The topological polar surface area (TPSA) is 85.9 Å². The minimum absolute atomic E-state index is 0.0707. The third-order valence-electron chi connectivity index (χ3n) is 6.92. The largest absolute Gasteiger partial charge is 0.495 e. The summed E-state index contributed by atoms with van der Waals surface area (Å²) >= 11 is 0. The van der Waals surface area contributed by atoms with Crippen LogP contribution < -0.4 is 25.6 Å². The number of amides is 4. The van der Waals surface area contributed by atoms with E-state index in [9.17, 15) is 22.8 Å². The molecular weight excluding hydrogens is 535 g/mol. The number of alkyl halides is 3. The highest BCUT2D eigenvalue weighted by Gasteiger charge is 2.35. The van der Waals surface area contributed by atoms with E-state index < -0.39 is 23.8 Å². The van der Waals surface area contributed by atoms with E-state index in [1.807, 2.05) is 45.0 Å². The van der Waals surface area contributed by atoms with E-state index in [-0.39, 0.29) is 11.6 Å². The lowest BCUT2D eigenvalue weighted by molar-refractivity contribution is -0.137. The number of piperazine rings is 1. The number of carbonyl (C=O) groups excluding carboxylic acids is 2. The van der Waals surface area contributed by atoms with Crippen LogP contribution >= 0.6 is 0 Å². The van der Waals surface area contributed by atoms with Crippen molar-refractivity contribution in [3.63, 3.8) is 0 Å². The molecular formula is C30H34F3N5O3. The van der Waals surface area contributed by atoms with Crippen molar-refractivity contribution in [1.82, 2.24) is 4.90 Å². The molecule has 41 heavy (non-hydrogen) atoms. The third-order valence-corrected chi connectivity index (χ3v) is 6.92. The summed E-state index contributed by atoms with van der Waals surface area (Å²) in [5, 5.41) is 8.04. The van der Waals surface area contributed by atoms with Crippen LogP contribution in [0.1, 0.15) is 36.5 Å². The molecule has 0 aromatic heterocycles. The second-order valence-corrected chi connectivity index (χ2v) is 10.2. The summed E-state index contributed by atoms with van der Waals surface area (Å²) in [4.78, 5) is 28.9. The molecule has 1 saturated heterocycles. The standard InChI is InChI=1S/C30H34F3N5O3/c1-19(2)21-6-11-25(24(18-21)30(31,32)33)36-29(40)38-15-13-37(14-16-38)23-9-7-22(8-10-23)34-28(39)35-26-17-20(3)5-12-27(26)41-4/h5-12,17-19H,13-16H2,1-4H3,(H,36,40)(H2,34,35,39). The fourth-order valence-electron chi connectivity index (χ4n) is 4.59. The summed E-state index contributed by atoms with van der Waals surface area (Å²) < 4.78 is 46.3. The summed E-state index contributed by atoms with van der Waals surface area (Å²) in [6.07, 6.45) is -4.58. The molecule has 4 rings (SSSR count). The van der Waals surface area contributed by atoms with E-state index in [1.54, 1.807) is 24.3 Å². The Morgan fingerprint density at radius 2 is 1.54 bits per heavy atom. The van der Waals surface area contributed by atoms with Crippen molar-refractivity contribution in [2.75, 3.05) is 54.1 Å². The first kappa shape index (κ1) is 29.6. The molecule has 0 atom stereocenters. The van der Waals surface area contributed by atoms with Crippen LogP contribution in [0.2, 0.25) is 0 Å². The van der Waals surface area contributed by atoms with Gasteiger partial charge in [-0.1, -0.05) is 26.0 Å². The second-order valence-electron chi connectivity index (χ2n) is 10.2. The van der Waals surface area contributed by atoms with Crippen LogP contribution in [0.4, 0.5) is 45.5 Å². The Bertz CT molecular complexity index is 1390. The monoisotopic (exact) mass is 569 g/mol. The van der Waals surface area contributed by atoms with Crippen molar-refractivity contribution < 1.29 is 27.5 Å². The van der Waals surface area contributed by atoms with Gasteiger partial charge in [-0.05, 0) is 72.5 Å². The lowest BCUT2D eigenvalue weighted by atomic mass is 9.99. The zero-order chi connectivity index (χ0) is 29.7. The molecule has 8 nitrogen and oxygen atoms in total. The van der Waals surface area contributed by atoms with Gasteiger partial charge in [-0.25, -0.2) is 9.59 Å². The summed E-state index contributed by atoms with van der Waals surface area (Å²) in [7, 11) is 1.54. The van der Waals surface area contributed by atoms with Crippen molar-refractivity contribution in [2.45, 2.75) is 32.9 Å². The number of nitrogens with one attached hydrogen (secondary N) is 3. The number of anilines is 4. The van der Waals surface area contributed by atoms with Gasteiger partial charge in [-0.15, -0.1) is 0 Å². The quantitative estimate of drug-likeness (QED) is 0.295. The Morgan fingerprint density at radius 3 is 2.15 bits per heavy atom. The number of nitrogens with zero attached hydrogens (tertiary/aromatic N) is 2. The van der Waals surface area contributed by atoms with E-state index in [0.29, 0.717) is 48.9 Å². The molecule has 4 amide bonds. The summed E-state index contributed by atoms with van der Waals surface area (Å²) in [5.41, 5.74) is 2.50. The smallest absolute Gasteiger partial charge is 0.418 e. The van der Waals surface area contributed by atoms with Crippen molar-refractivity contribution >= 4 is 34.8 Å². The maximum absolute atomic E-state index is 13.7. The second kappa shape index (κ2) is 12.4. The highest BCUT2D eigenvalue weighted by atomic mass is 19.4. The van der Waals surface area contributed by atoms with Crippen molar-refractivity contribution in [1.29, 1.82) is 0 Å². The van der Waals surface area contributed by atoms with Crippen LogP contribution in [0.25, 0.3) is 0 Å². The van der Waals surface area contributed by atoms with E-state index >= 15 is 0 Å². The molecule has 1 aliphatic heterocycles. The fourth-order valence-corrected chi connectivity index (χ4v) is 4.59. The minimum atomic E-state index is -4.58. The Balaban J connectivity index is 1.32. The Labute approximate surface area is 237 Å². The van der Waals surface area contributed by atoms with Crippen molar-refractivity contribution in [3.8, 4) is 5.75 Å². The molecule has 3 N–H and O–H groups in total. The fraction of sp³-hybridized carbons (Fsp3) is 0.333. The molecule has 3 aromatic carbocycles. The number of benzene rings is 3. The summed E-state index contributed by atoms with van der Waals surface area (Å²) in [6.45, 7) is 7.26. The lowest BCUT2D eigenvalue weighted by Crippen LogP contribution is -2.50. The molecule has 0 bridgehead atoms. The van der Waals surface area contributed by atoms with Gasteiger partial charge in [0, 0.05) is 37.6 Å². The van der Waals surface area contributed by atoms with Crippen LogP contribution in [0.5, 0.6) is 5.75 Å². The van der Waals surface area contributed by atoms with Gasteiger partial charge in [0.2, 0.25) is 0 Å². The first-order chi connectivity index (χ1) is 19.4. The first-order valence-corrected chi connectivity index (χ1v) is 13.3. The predicted octanol–water partition coefficient (Wildman–Crippen LogP) is 7.14. The van der Waals surface area contributed by atoms with E-state index in [2.05, 4.69) is 20.9 Å². The van der Waals surface area contributed by atoms with Gasteiger partial charge >= 0.3 is 18.2 Å². The van der Waals surface area contributed by atoms with Crippen LogP contribution in [0.15, 0.2) is 60.7 Å². The number of rotatable bonds is 6. The van der Waals surface area contributed by atoms with Gasteiger partial charge in [0.15, 0.2) is 0 Å². The van der Waals surface area contributed by atoms with Crippen LogP contribution in [-0.4, -0.2) is 50.3 Å². The molecule has 0 saturated carbocycles. The number of urea groups is 2. The third kappa shape index (κ3) is 7.41. The molecule has 1 fully saturated rings. The van der Waals surface area contributed by atoms with Gasteiger partial charge in [0.05, 0.1) is 24.0 Å². The predicted molar refractivity (Wildman–Crippen MR) is 155 cm³/mol. The highest BCUT2D eigenvalue weighted by Crippen LogP contribution is 2.37.